The molecule has 0 aliphatic rings. The van der Waals surface area contributed by atoms with Crippen LogP contribution < -0.4 is 10.1 Å². The Morgan fingerprint density at radius 2 is 2.33 bits per heavy atom. The molecule has 1 N–H and O–H groups in total. The first-order chi connectivity index (χ1) is 8.60. The second-order valence-corrected chi connectivity index (χ2v) is 4.69. The summed E-state index contributed by atoms with van der Waals surface area (Å²) in [5.74, 6) is 1.53. The molecule has 1 aromatic heterocycles. The monoisotopic (exact) mass is 272 g/mol. The highest BCUT2D eigenvalue weighted by Crippen LogP contribution is 2.30. The number of rotatable bonds is 7. The molecule has 1 unspecified atom stereocenters. The fourth-order valence-electron chi connectivity index (χ4n) is 1.42. The molecule has 0 saturated heterocycles. The van der Waals surface area contributed by atoms with E-state index >= 15 is 0 Å². The van der Waals surface area contributed by atoms with Crippen LogP contribution in [0.15, 0.2) is 6.33 Å². The van der Waals surface area contributed by atoms with E-state index in [1.807, 2.05) is 6.26 Å². The molecule has 0 bridgehead atoms. The number of hydrogen-bond donors (Lipinski definition) is 1. The number of nitrogens with zero attached hydrogens (tertiary/aromatic N) is 3. The average molecular weight is 272 g/mol. The van der Waals surface area contributed by atoms with Crippen molar-refractivity contribution < 1.29 is 9.66 Å². The third kappa shape index (κ3) is 3.73. The van der Waals surface area contributed by atoms with Crippen molar-refractivity contribution in [2.45, 2.75) is 6.92 Å². The first kappa shape index (κ1) is 14.5. The molecule has 0 amide bonds. The average Bonchev–Trinajstić information content (AvgIpc) is 2.35. The lowest BCUT2D eigenvalue weighted by Crippen LogP contribution is -2.15. The predicted octanol–water partition coefficient (Wildman–Crippen LogP) is 1.80. The molecule has 0 aliphatic carbocycles. The Kier molecular flexibility index (Phi) is 5.63. The Morgan fingerprint density at radius 3 is 2.89 bits per heavy atom. The number of nitro groups is 1. The Bertz CT molecular complexity index is 416. The smallest absolute Gasteiger partial charge is 0.372 e. The standard InChI is InChI=1S/C10H16N4O3S/c1-7(5-18-3)4-11-9-8(14(15)16)10(17-2)13-6-12-9/h6-7H,4-5H2,1-3H3,(H,11,12,13). The number of methoxy groups -OCH3 is 1. The van der Waals surface area contributed by atoms with Gasteiger partial charge in [-0.25, -0.2) is 4.98 Å². The lowest BCUT2D eigenvalue weighted by molar-refractivity contribution is -0.385. The second-order valence-electron chi connectivity index (χ2n) is 3.78. The molecule has 0 radical (unpaired) electrons. The zero-order valence-corrected chi connectivity index (χ0v) is 11.4. The van der Waals surface area contributed by atoms with Gasteiger partial charge in [-0.1, -0.05) is 6.92 Å². The molecule has 7 nitrogen and oxygen atoms in total. The molecule has 0 aromatic carbocycles. The second kappa shape index (κ2) is 7.00. The van der Waals surface area contributed by atoms with E-state index in [2.05, 4.69) is 22.2 Å². The number of ether oxygens (including phenoxy) is 1. The Labute approximate surface area is 109 Å². The van der Waals surface area contributed by atoms with Crippen molar-refractivity contribution >= 4 is 23.3 Å². The van der Waals surface area contributed by atoms with Gasteiger partial charge in [-0.3, -0.25) is 10.1 Å². The summed E-state index contributed by atoms with van der Waals surface area (Å²) in [6, 6.07) is 0. The molecule has 0 spiro atoms. The summed E-state index contributed by atoms with van der Waals surface area (Å²) in [6.07, 6.45) is 3.26. The highest BCUT2D eigenvalue weighted by molar-refractivity contribution is 7.98. The van der Waals surface area contributed by atoms with Gasteiger partial charge >= 0.3 is 5.69 Å². The SMILES string of the molecule is COc1ncnc(NCC(C)CSC)c1[N+](=O)[O-]. The van der Waals surface area contributed by atoms with E-state index in [0.717, 1.165) is 5.75 Å². The van der Waals surface area contributed by atoms with Gasteiger partial charge in [0, 0.05) is 6.54 Å². The quantitative estimate of drug-likeness (QED) is 0.598. The fourth-order valence-corrected chi connectivity index (χ4v) is 2.11. The van der Waals surface area contributed by atoms with Crippen molar-refractivity contribution in [1.29, 1.82) is 0 Å². The van der Waals surface area contributed by atoms with Crippen LogP contribution in [0.25, 0.3) is 0 Å². The van der Waals surface area contributed by atoms with Crippen LogP contribution in [0.1, 0.15) is 6.92 Å². The molecule has 1 atom stereocenters. The van der Waals surface area contributed by atoms with E-state index in [1.54, 1.807) is 11.8 Å². The van der Waals surface area contributed by atoms with Crippen LogP contribution in [0.5, 0.6) is 5.88 Å². The normalized spacial score (nSPS) is 11.9. The van der Waals surface area contributed by atoms with Crippen LogP contribution in [-0.2, 0) is 0 Å². The van der Waals surface area contributed by atoms with Gasteiger partial charge in [0.25, 0.3) is 5.88 Å². The molecule has 8 heteroatoms. The maximum absolute atomic E-state index is 11.0. The van der Waals surface area contributed by atoms with E-state index in [0.29, 0.717) is 12.5 Å². The minimum atomic E-state index is -0.541. The van der Waals surface area contributed by atoms with Gasteiger partial charge in [0.2, 0.25) is 5.82 Å². The van der Waals surface area contributed by atoms with Gasteiger partial charge < -0.3 is 10.1 Å². The van der Waals surface area contributed by atoms with Crippen molar-refractivity contribution in [1.82, 2.24) is 9.97 Å². The maximum atomic E-state index is 11.0. The van der Waals surface area contributed by atoms with Gasteiger partial charge in [0.1, 0.15) is 6.33 Å². The van der Waals surface area contributed by atoms with Crippen LogP contribution in [0.2, 0.25) is 0 Å². The van der Waals surface area contributed by atoms with Crippen molar-refractivity contribution in [3.8, 4) is 5.88 Å². The van der Waals surface area contributed by atoms with E-state index in [4.69, 9.17) is 4.74 Å². The van der Waals surface area contributed by atoms with E-state index in [9.17, 15) is 10.1 Å². The van der Waals surface area contributed by atoms with Crippen molar-refractivity contribution in [2.24, 2.45) is 5.92 Å². The summed E-state index contributed by atoms with van der Waals surface area (Å²) in [6.45, 7) is 2.68. The summed E-state index contributed by atoms with van der Waals surface area (Å²) in [5.41, 5.74) is -0.226. The van der Waals surface area contributed by atoms with Crippen LogP contribution in [0, 0.1) is 16.0 Å². The number of nitrogens with one attached hydrogen (secondary N) is 1. The Hall–Kier alpha value is -1.57. The van der Waals surface area contributed by atoms with Crippen LogP contribution in [-0.4, -0.2) is 40.6 Å². The molecule has 1 heterocycles. The molecule has 0 fully saturated rings. The van der Waals surface area contributed by atoms with Gasteiger partial charge in [-0.15, -0.1) is 0 Å². The van der Waals surface area contributed by atoms with Gasteiger partial charge in [-0.05, 0) is 17.9 Å². The van der Waals surface area contributed by atoms with E-state index in [-0.39, 0.29) is 17.4 Å². The largest absolute Gasteiger partial charge is 0.476 e. The number of anilines is 1. The first-order valence-electron chi connectivity index (χ1n) is 5.36. The lowest BCUT2D eigenvalue weighted by atomic mass is 10.2. The van der Waals surface area contributed by atoms with Crippen molar-refractivity contribution in [3.05, 3.63) is 16.4 Å². The third-order valence-electron chi connectivity index (χ3n) is 2.23. The number of hydrogen-bond acceptors (Lipinski definition) is 7. The zero-order chi connectivity index (χ0) is 13.5. The number of thioether (sulfide) groups is 1. The van der Waals surface area contributed by atoms with E-state index < -0.39 is 4.92 Å². The minimum absolute atomic E-state index is 0.0324. The van der Waals surface area contributed by atoms with Crippen molar-refractivity contribution in [3.63, 3.8) is 0 Å². The topological polar surface area (TPSA) is 90.2 Å². The molecule has 0 saturated carbocycles. The minimum Gasteiger partial charge on any atom is -0.476 e. The molecular weight excluding hydrogens is 256 g/mol. The Balaban J connectivity index is 2.85. The van der Waals surface area contributed by atoms with Gasteiger partial charge in [-0.2, -0.15) is 16.7 Å². The first-order valence-corrected chi connectivity index (χ1v) is 6.75. The van der Waals surface area contributed by atoms with Crippen molar-refractivity contribution in [2.75, 3.05) is 31.0 Å². The van der Waals surface area contributed by atoms with Gasteiger partial charge in [0.15, 0.2) is 0 Å². The summed E-state index contributed by atoms with van der Waals surface area (Å²) in [4.78, 5) is 18.0. The molecule has 1 rings (SSSR count). The fraction of sp³-hybridized carbons (Fsp3) is 0.600. The van der Waals surface area contributed by atoms with Crippen LogP contribution in [0.3, 0.4) is 0 Å². The summed E-state index contributed by atoms with van der Waals surface area (Å²) in [5, 5.41) is 13.9. The number of aromatic nitrogens is 2. The lowest BCUT2D eigenvalue weighted by Gasteiger charge is -2.12. The highest BCUT2D eigenvalue weighted by Gasteiger charge is 2.23. The Morgan fingerprint density at radius 1 is 1.61 bits per heavy atom. The van der Waals surface area contributed by atoms with Crippen LogP contribution >= 0.6 is 11.8 Å². The molecule has 1 aromatic rings. The van der Waals surface area contributed by atoms with E-state index in [1.165, 1.54) is 13.4 Å². The maximum Gasteiger partial charge on any atom is 0.372 e. The van der Waals surface area contributed by atoms with Gasteiger partial charge in [0.05, 0.1) is 12.0 Å². The third-order valence-corrected chi connectivity index (χ3v) is 3.14. The molecular formula is C10H16N4O3S. The highest BCUT2D eigenvalue weighted by atomic mass is 32.2. The summed E-state index contributed by atoms with van der Waals surface area (Å²) < 4.78 is 4.86. The molecule has 0 aliphatic heterocycles. The molecule has 100 valence electrons. The van der Waals surface area contributed by atoms with Crippen LogP contribution in [0.4, 0.5) is 11.5 Å². The summed E-state index contributed by atoms with van der Waals surface area (Å²) in [7, 11) is 1.34. The molecule has 18 heavy (non-hydrogen) atoms. The summed E-state index contributed by atoms with van der Waals surface area (Å²) >= 11 is 1.73. The zero-order valence-electron chi connectivity index (χ0n) is 10.5. The predicted molar refractivity (Wildman–Crippen MR) is 71.3 cm³/mol.